The Bertz CT molecular complexity index is 772. The van der Waals surface area contributed by atoms with Crippen LogP contribution in [-0.2, 0) is 9.53 Å². The SMILES string of the molecule is COC(=O)c1ccc(/C=C(/C#N)C(=O)Nc2ccccc2)cc1. The van der Waals surface area contributed by atoms with Crippen LogP contribution in [0.4, 0.5) is 5.69 Å². The van der Waals surface area contributed by atoms with Crippen LogP contribution in [0.1, 0.15) is 15.9 Å². The molecule has 114 valence electrons. The van der Waals surface area contributed by atoms with Crippen LogP contribution in [-0.4, -0.2) is 19.0 Å². The van der Waals surface area contributed by atoms with Crippen LogP contribution in [0.15, 0.2) is 60.2 Å². The van der Waals surface area contributed by atoms with Crippen LogP contribution in [0.2, 0.25) is 0 Å². The molecule has 0 aliphatic rings. The minimum absolute atomic E-state index is 0.0281. The summed E-state index contributed by atoms with van der Waals surface area (Å²) in [6.45, 7) is 0. The van der Waals surface area contributed by atoms with E-state index in [-0.39, 0.29) is 5.57 Å². The van der Waals surface area contributed by atoms with E-state index < -0.39 is 11.9 Å². The van der Waals surface area contributed by atoms with Gasteiger partial charge in [-0.1, -0.05) is 30.3 Å². The average Bonchev–Trinajstić information content (AvgIpc) is 2.60. The molecule has 0 unspecified atom stereocenters. The van der Waals surface area contributed by atoms with Crippen LogP contribution < -0.4 is 5.32 Å². The van der Waals surface area contributed by atoms with E-state index >= 15 is 0 Å². The van der Waals surface area contributed by atoms with Crippen molar-refractivity contribution in [2.75, 3.05) is 12.4 Å². The van der Waals surface area contributed by atoms with Crippen LogP contribution in [0.25, 0.3) is 6.08 Å². The highest BCUT2D eigenvalue weighted by atomic mass is 16.5. The smallest absolute Gasteiger partial charge is 0.337 e. The monoisotopic (exact) mass is 306 g/mol. The predicted octanol–water partition coefficient (Wildman–Crippen LogP) is 3.02. The fourth-order valence-electron chi connectivity index (χ4n) is 1.87. The Morgan fingerprint density at radius 2 is 1.74 bits per heavy atom. The lowest BCUT2D eigenvalue weighted by Crippen LogP contribution is -2.13. The topological polar surface area (TPSA) is 79.2 Å². The minimum Gasteiger partial charge on any atom is -0.465 e. The number of ether oxygens (including phenoxy) is 1. The highest BCUT2D eigenvalue weighted by Gasteiger charge is 2.10. The molecule has 23 heavy (non-hydrogen) atoms. The molecule has 2 rings (SSSR count). The van der Waals surface area contributed by atoms with E-state index in [1.165, 1.54) is 13.2 Å². The number of carbonyl (C=O) groups is 2. The fourth-order valence-corrected chi connectivity index (χ4v) is 1.87. The van der Waals surface area contributed by atoms with Crippen LogP contribution in [0.5, 0.6) is 0 Å². The Kier molecular flexibility index (Phi) is 5.26. The Morgan fingerprint density at radius 3 is 2.30 bits per heavy atom. The van der Waals surface area contributed by atoms with Gasteiger partial charge in [0.05, 0.1) is 12.7 Å². The van der Waals surface area contributed by atoms with Crippen LogP contribution in [0.3, 0.4) is 0 Å². The summed E-state index contributed by atoms with van der Waals surface area (Å²) in [5, 5.41) is 11.8. The van der Waals surface area contributed by atoms with E-state index in [0.717, 1.165) is 0 Å². The van der Waals surface area contributed by atoms with Gasteiger partial charge in [0.2, 0.25) is 0 Å². The number of anilines is 1. The molecule has 1 N–H and O–H groups in total. The molecule has 0 heterocycles. The van der Waals surface area contributed by atoms with Crippen molar-refractivity contribution in [2.45, 2.75) is 0 Å². The summed E-state index contributed by atoms with van der Waals surface area (Å²) in [4.78, 5) is 23.5. The largest absolute Gasteiger partial charge is 0.465 e. The van der Waals surface area contributed by atoms with Gasteiger partial charge in [0.1, 0.15) is 11.6 Å². The third-order valence-electron chi connectivity index (χ3n) is 3.04. The van der Waals surface area contributed by atoms with E-state index in [0.29, 0.717) is 16.8 Å². The Hall–Kier alpha value is -3.39. The standard InChI is InChI=1S/C18H14N2O3/c1-23-18(22)14-9-7-13(8-10-14)11-15(12-19)17(21)20-16-5-3-2-4-6-16/h2-11H,1H3,(H,20,21)/b15-11-. The Labute approximate surface area is 133 Å². The van der Waals surface area contributed by atoms with Gasteiger partial charge in [0.25, 0.3) is 5.91 Å². The lowest BCUT2D eigenvalue weighted by Gasteiger charge is -2.04. The molecule has 1 amide bonds. The predicted molar refractivity (Wildman–Crippen MR) is 86.4 cm³/mol. The molecule has 5 heteroatoms. The minimum atomic E-state index is -0.490. The molecule has 0 atom stereocenters. The number of benzene rings is 2. The summed E-state index contributed by atoms with van der Waals surface area (Å²) in [6.07, 6.45) is 1.46. The number of methoxy groups -OCH3 is 1. The maximum absolute atomic E-state index is 12.1. The number of nitrogens with one attached hydrogen (secondary N) is 1. The molecule has 2 aromatic rings. The number of nitrogens with zero attached hydrogens (tertiary/aromatic N) is 1. The summed E-state index contributed by atoms with van der Waals surface area (Å²) in [7, 11) is 1.30. The van der Waals surface area contributed by atoms with Crippen molar-refractivity contribution in [1.82, 2.24) is 0 Å². The van der Waals surface area contributed by atoms with Crippen molar-refractivity contribution < 1.29 is 14.3 Å². The van der Waals surface area contributed by atoms with Crippen molar-refractivity contribution in [1.29, 1.82) is 5.26 Å². The quantitative estimate of drug-likeness (QED) is 0.535. The molecule has 0 saturated carbocycles. The maximum atomic E-state index is 12.1. The van der Waals surface area contributed by atoms with Gasteiger partial charge in [-0.15, -0.1) is 0 Å². The number of rotatable bonds is 4. The Morgan fingerprint density at radius 1 is 1.09 bits per heavy atom. The second-order valence-electron chi connectivity index (χ2n) is 4.60. The van der Waals surface area contributed by atoms with Gasteiger partial charge in [-0.3, -0.25) is 4.79 Å². The lowest BCUT2D eigenvalue weighted by atomic mass is 10.1. The zero-order chi connectivity index (χ0) is 16.7. The van der Waals surface area contributed by atoms with E-state index in [9.17, 15) is 9.59 Å². The molecule has 2 aromatic carbocycles. The molecule has 0 aromatic heterocycles. The molecule has 5 nitrogen and oxygen atoms in total. The van der Waals surface area contributed by atoms with Crippen molar-refractivity contribution in [3.63, 3.8) is 0 Å². The van der Waals surface area contributed by atoms with Crippen molar-refractivity contribution >= 4 is 23.6 Å². The van der Waals surface area contributed by atoms with Gasteiger partial charge in [-0.2, -0.15) is 5.26 Å². The normalized spacial score (nSPS) is 10.5. The highest BCUT2D eigenvalue weighted by Crippen LogP contribution is 2.12. The number of esters is 1. The third kappa shape index (κ3) is 4.29. The molecule has 0 fully saturated rings. The summed E-state index contributed by atoms with van der Waals surface area (Å²) < 4.78 is 4.61. The maximum Gasteiger partial charge on any atom is 0.337 e. The van der Waals surface area contributed by atoms with Gasteiger partial charge in [-0.05, 0) is 35.9 Å². The Balaban J connectivity index is 2.16. The van der Waals surface area contributed by atoms with Crippen LogP contribution >= 0.6 is 0 Å². The third-order valence-corrected chi connectivity index (χ3v) is 3.04. The summed E-state index contributed by atoms with van der Waals surface area (Å²) in [6, 6.07) is 17.2. The summed E-state index contributed by atoms with van der Waals surface area (Å²) >= 11 is 0. The molecule has 0 saturated heterocycles. The van der Waals surface area contributed by atoms with E-state index in [4.69, 9.17) is 5.26 Å². The van der Waals surface area contributed by atoms with E-state index in [1.807, 2.05) is 12.1 Å². The number of para-hydroxylation sites is 1. The lowest BCUT2D eigenvalue weighted by molar-refractivity contribution is -0.112. The van der Waals surface area contributed by atoms with Gasteiger partial charge < -0.3 is 10.1 Å². The first-order valence-electron chi connectivity index (χ1n) is 6.80. The zero-order valence-corrected chi connectivity index (χ0v) is 12.4. The van der Waals surface area contributed by atoms with Gasteiger partial charge in [-0.25, -0.2) is 4.79 Å². The molecule has 0 aliphatic carbocycles. The molecular weight excluding hydrogens is 292 g/mol. The van der Waals surface area contributed by atoms with Crippen molar-refractivity contribution in [3.05, 3.63) is 71.3 Å². The zero-order valence-electron chi connectivity index (χ0n) is 12.4. The first-order valence-corrected chi connectivity index (χ1v) is 6.80. The molecule has 0 spiro atoms. The number of nitriles is 1. The summed E-state index contributed by atoms with van der Waals surface area (Å²) in [5.41, 5.74) is 1.62. The van der Waals surface area contributed by atoms with Gasteiger partial charge >= 0.3 is 5.97 Å². The summed E-state index contributed by atoms with van der Waals surface area (Å²) in [5.74, 6) is -0.932. The first kappa shape index (κ1) is 16.0. The molecule has 0 bridgehead atoms. The fraction of sp³-hybridized carbons (Fsp3) is 0.0556. The van der Waals surface area contributed by atoms with Gasteiger partial charge in [0.15, 0.2) is 0 Å². The van der Waals surface area contributed by atoms with E-state index in [2.05, 4.69) is 10.1 Å². The molecule has 0 radical (unpaired) electrons. The number of hydrogen-bond donors (Lipinski definition) is 1. The highest BCUT2D eigenvalue weighted by molar-refractivity contribution is 6.09. The van der Waals surface area contributed by atoms with Crippen molar-refractivity contribution in [2.24, 2.45) is 0 Å². The molecule has 0 aliphatic heterocycles. The van der Waals surface area contributed by atoms with Gasteiger partial charge in [0, 0.05) is 5.69 Å². The first-order chi connectivity index (χ1) is 11.1. The second-order valence-corrected chi connectivity index (χ2v) is 4.60. The number of carbonyl (C=O) groups excluding carboxylic acids is 2. The number of amides is 1. The van der Waals surface area contributed by atoms with E-state index in [1.54, 1.807) is 48.5 Å². The van der Waals surface area contributed by atoms with Crippen molar-refractivity contribution in [3.8, 4) is 6.07 Å². The average molecular weight is 306 g/mol. The molecular formula is C18H14N2O3. The van der Waals surface area contributed by atoms with Crippen LogP contribution in [0, 0.1) is 11.3 Å². The number of hydrogen-bond acceptors (Lipinski definition) is 4. The second kappa shape index (κ2) is 7.57.